The van der Waals surface area contributed by atoms with E-state index in [4.69, 9.17) is 14.2 Å². The lowest BCUT2D eigenvalue weighted by atomic mass is 10.1. The Labute approximate surface area is 140 Å². The Kier molecular flexibility index (Phi) is 5.93. The van der Waals surface area contributed by atoms with Crippen molar-refractivity contribution in [3.05, 3.63) is 71.8 Å². The van der Waals surface area contributed by atoms with Crippen LogP contribution in [0.25, 0.3) is 0 Å². The SMILES string of the molecule is O[C@H]1O[C@H](COCc2ccccc2)[C@H](OCc2ccccc2)[C@@H]1F. The highest BCUT2D eigenvalue weighted by atomic mass is 19.1. The Hall–Kier alpha value is -1.79. The van der Waals surface area contributed by atoms with E-state index in [1.54, 1.807) is 0 Å². The summed E-state index contributed by atoms with van der Waals surface area (Å²) in [6, 6.07) is 19.2. The van der Waals surface area contributed by atoms with Crippen molar-refractivity contribution in [1.29, 1.82) is 0 Å². The van der Waals surface area contributed by atoms with Gasteiger partial charge in [0.15, 0.2) is 12.5 Å². The molecule has 0 unspecified atom stereocenters. The second kappa shape index (κ2) is 8.35. The molecule has 4 atom stereocenters. The number of hydrogen-bond acceptors (Lipinski definition) is 4. The maximum absolute atomic E-state index is 14.1. The first-order valence-corrected chi connectivity index (χ1v) is 7.99. The number of ether oxygens (including phenoxy) is 3. The van der Waals surface area contributed by atoms with Crippen LogP contribution in [-0.2, 0) is 27.4 Å². The van der Waals surface area contributed by atoms with Gasteiger partial charge in [0.25, 0.3) is 0 Å². The number of aliphatic hydroxyl groups is 1. The molecule has 0 saturated carbocycles. The molecule has 2 aromatic carbocycles. The second-order valence-electron chi connectivity index (χ2n) is 5.77. The quantitative estimate of drug-likeness (QED) is 0.847. The number of benzene rings is 2. The molecule has 1 heterocycles. The molecule has 0 bridgehead atoms. The van der Waals surface area contributed by atoms with Crippen molar-refractivity contribution < 1.29 is 23.7 Å². The second-order valence-corrected chi connectivity index (χ2v) is 5.77. The van der Waals surface area contributed by atoms with Crippen LogP contribution in [0.1, 0.15) is 11.1 Å². The van der Waals surface area contributed by atoms with Gasteiger partial charge in [0.05, 0.1) is 19.8 Å². The summed E-state index contributed by atoms with van der Waals surface area (Å²) < 4.78 is 30.6. The third-order valence-electron chi connectivity index (χ3n) is 3.95. The van der Waals surface area contributed by atoms with Crippen molar-refractivity contribution in [2.75, 3.05) is 6.61 Å². The van der Waals surface area contributed by atoms with Gasteiger partial charge >= 0.3 is 0 Å². The molecule has 0 aromatic heterocycles. The van der Waals surface area contributed by atoms with Crippen LogP contribution in [0.4, 0.5) is 4.39 Å². The normalized spacial score (nSPS) is 26.6. The molecular formula is C19H21FO4. The van der Waals surface area contributed by atoms with Crippen molar-refractivity contribution in [2.45, 2.75) is 37.9 Å². The van der Waals surface area contributed by atoms with Crippen LogP contribution in [0.3, 0.4) is 0 Å². The first kappa shape index (κ1) is 17.0. The van der Waals surface area contributed by atoms with Gasteiger partial charge in [-0.15, -0.1) is 0 Å². The zero-order valence-corrected chi connectivity index (χ0v) is 13.3. The number of rotatable bonds is 7. The fourth-order valence-corrected chi connectivity index (χ4v) is 2.67. The van der Waals surface area contributed by atoms with Gasteiger partial charge in [-0.2, -0.15) is 0 Å². The molecule has 3 rings (SSSR count). The minimum absolute atomic E-state index is 0.159. The minimum atomic E-state index is -1.58. The Bertz CT molecular complexity index is 607. The van der Waals surface area contributed by atoms with E-state index in [1.165, 1.54) is 0 Å². The molecule has 1 aliphatic heterocycles. The lowest BCUT2D eigenvalue weighted by Gasteiger charge is -2.20. The maximum atomic E-state index is 14.1. The van der Waals surface area contributed by atoms with Crippen molar-refractivity contribution >= 4 is 0 Å². The van der Waals surface area contributed by atoms with Gasteiger partial charge in [-0.1, -0.05) is 60.7 Å². The van der Waals surface area contributed by atoms with Crippen LogP contribution in [0.15, 0.2) is 60.7 Å². The molecule has 0 amide bonds. The fraction of sp³-hybridized carbons (Fsp3) is 0.368. The average Bonchev–Trinajstić information content (AvgIpc) is 2.89. The molecule has 1 fully saturated rings. The van der Waals surface area contributed by atoms with E-state index in [-0.39, 0.29) is 13.2 Å². The minimum Gasteiger partial charge on any atom is -0.374 e. The summed E-state index contributed by atoms with van der Waals surface area (Å²) in [5.74, 6) is 0. The molecule has 1 saturated heterocycles. The van der Waals surface area contributed by atoms with Gasteiger partial charge in [0.1, 0.15) is 12.2 Å². The molecule has 0 radical (unpaired) electrons. The zero-order chi connectivity index (χ0) is 16.8. The van der Waals surface area contributed by atoms with Crippen LogP contribution >= 0.6 is 0 Å². The number of aliphatic hydroxyl groups excluding tert-OH is 1. The van der Waals surface area contributed by atoms with Crippen molar-refractivity contribution in [1.82, 2.24) is 0 Å². The Morgan fingerprint density at radius 3 is 2.12 bits per heavy atom. The Morgan fingerprint density at radius 1 is 0.917 bits per heavy atom. The summed E-state index contributed by atoms with van der Waals surface area (Å²) in [4.78, 5) is 0. The Balaban J connectivity index is 1.52. The summed E-state index contributed by atoms with van der Waals surface area (Å²) in [5.41, 5.74) is 1.96. The van der Waals surface area contributed by atoms with Gasteiger partial charge in [-0.25, -0.2) is 4.39 Å². The smallest absolute Gasteiger partial charge is 0.189 e. The summed E-state index contributed by atoms with van der Waals surface area (Å²) >= 11 is 0. The summed E-state index contributed by atoms with van der Waals surface area (Å²) in [5, 5.41) is 9.62. The lowest BCUT2D eigenvalue weighted by molar-refractivity contribution is -0.129. The number of hydrogen-bond donors (Lipinski definition) is 1. The van der Waals surface area contributed by atoms with Gasteiger partial charge in [0, 0.05) is 0 Å². The van der Waals surface area contributed by atoms with Crippen molar-refractivity contribution in [3.8, 4) is 0 Å². The van der Waals surface area contributed by atoms with Crippen molar-refractivity contribution in [3.63, 3.8) is 0 Å². The highest BCUT2D eigenvalue weighted by molar-refractivity contribution is 5.14. The highest BCUT2D eigenvalue weighted by Crippen LogP contribution is 2.26. The maximum Gasteiger partial charge on any atom is 0.189 e. The molecule has 5 heteroatoms. The van der Waals surface area contributed by atoms with Crippen LogP contribution in [0.2, 0.25) is 0 Å². The molecular weight excluding hydrogens is 311 g/mol. The molecule has 128 valence electrons. The molecule has 0 aliphatic carbocycles. The molecule has 4 nitrogen and oxygen atoms in total. The van der Waals surface area contributed by atoms with E-state index in [0.717, 1.165) is 11.1 Å². The Morgan fingerprint density at radius 2 is 1.50 bits per heavy atom. The average molecular weight is 332 g/mol. The third-order valence-corrected chi connectivity index (χ3v) is 3.95. The number of alkyl halides is 1. The monoisotopic (exact) mass is 332 g/mol. The van der Waals surface area contributed by atoms with Gasteiger partial charge in [-0.05, 0) is 11.1 Å². The van der Waals surface area contributed by atoms with Gasteiger partial charge < -0.3 is 19.3 Å². The molecule has 1 aliphatic rings. The summed E-state index contributed by atoms with van der Waals surface area (Å²) in [6.45, 7) is 0.822. The predicted octanol–water partition coefficient (Wildman–Crippen LogP) is 2.84. The summed E-state index contributed by atoms with van der Waals surface area (Å²) in [6.07, 6.45) is -4.55. The van der Waals surface area contributed by atoms with E-state index in [1.807, 2.05) is 60.7 Å². The third kappa shape index (κ3) is 4.39. The van der Waals surface area contributed by atoms with E-state index in [0.29, 0.717) is 6.61 Å². The van der Waals surface area contributed by atoms with Gasteiger partial charge in [0.2, 0.25) is 0 Å². The van der Waals surface area contributed by atoms with Gasteiger partial charge in [-0.3, -0.25) is 0 Å². The number of halogens is 1. The first-order valence-electron chi connectivity index (χ1n) is 7.99. The van der Waals surface area contributed by atoms with E-state index >= 15 is 0 Å². The van der Waals surface area contributed by atoms with Crippen LogP contribution in [0, 0.1) is 0 Å². The zero-order valence-electron chi connectivity index (χ0n) is 13.3. The first-order chi connectivity index (χ1) is 11.7. The largest absolute Gasteiger partial charge is 0.374 e. The fourth-order valence-electron chi connectivity index (χ4n) is 2.67. The molecule has 1 N–H and O–H groups in total. The van der Waals surface area contributed by atoms with Crippen LogP contribution < -0.4 is 0 Å². The van der Waals surface area contributed by atoms with Crippen LogP contribution in [0.5, 0.6) is 0 Å². The lowest BCUT2D eigenvalue weighted by Crippen LogP contribution is -2.34. The molecule has 24 heavy (non-hydrogen) atoms. The highest BCUT2D eigenvalue weighted by Gasteiger charge is 2.45. The van der Waals surface area contributed by atoms with Crippen molar-refractivity contribution in [2.24, 2.45) is 0 Å². The van der Waals surface area contributed by atoms with E-state index in [2.05, 4.69) is 0 Å². The topological polar surface area (TPSA) is 47.9 Å². The van der Waals surface area contributed by atoms with Crippen LogP contribution in [-0.4, -0.2) is 36.4 Å². The van der Waals surface area contributed by atoms with E-state index < -0.39 is 24.7 Å². The molecule has 2 aromatic rings. The van der Waals surface area contributed by atoms with E-state index in [9.17, 15) is 9.50 Å². The molecule has 0 spiro atoms. The predicted molar refractivity (Wildman–Crippen MR) is 86.9 cm³/mol. The standard InChI is InChI=1S/C19H21FO4/c20-17-18(23-12-15-9-5-2-6-10-15)16(24-19(17)21)13-22-11-14-7-3-1-4-8-14/h1-10,16-19,21H,11-13H2/t16-,17+,18+,19+/m1/s1. The summed E-state index contributed by atoms with van der Waals surface area (Å²) in [7, 11) is 0.